The van der Waals surface area contributed by atoms with Crippen LogP contribution >= 0.6 is 0 Å². The van der Waals surface area contributed by atoms with Crippen molar-refractivity contribution in [3.8, 4) is 0 Å². The van der Waals surface area contributed by atoms with Crippen LogP contribution in [0.1, 0.15) is 19.8 Å². The van der Waals surface area contributed by atoms with Crippen molar-refractivity contribution in [3.05, 3.63) is 0 Å². The van der Waals surface area contributed by atoms with Crippen LogP contribution in [0.2, 0.25) is 0 Å². The number of aliphatic carboxylic acids is 1. The van der Waals surface area contributed by atoms with Crippen molar-refractivity contribution in [2.24, 2.45) is 0 Å². The first-order chi connectivity index (χ1) is 6.16. The van der Waals surface area contributed by atoms with E-state index in [-0.39, 0.29) is 6.04 Å². The average molecular weight is 186 g/mol. The monoisotopic (exact) mass is 186 g/mol. The zero-order valence-electron chi connectivity index (χ0n) is 8.29. The summed E-state index contributed by atoms with van der Waals surface area (Å²) in [5.41, 5.74) is 0. The molecule has 0 saturated carbocycles. The highest BCUT2D eigenvalue weighted by atomic mass is 16.4. The standard InChI is InChI=1S/C9H18N2O2/c1-7(9(12)13)11-5-3-4-8(11)6-10-2/h7-8,10H,3-6H2,1-2H3,(H,12,13). The Morgan fingerprint density at radius 3 is 3.00 bits per heavy atom. The number of nitrogens with one attached hydrogen (secondary N) is 1. The summed E-state index contributed by atoms with van der Waals surface area (Å²) in [6, 6.07) is 0.0527. The van der Waals surface area contributed by atoms with E-state index in [1.807, 2.05) is 7.05 Å². The predicted molar refractivity (Wildman–Crippen MR) is 50.8 cm³/mol. The molecular weight excluding hydrogens is 168 g/mol. The van der Waals surface area contributed by atoms with Gasteiger partial charge in [0.05, 0.1) is 0 Å². The Labute approximate surface area is 78.9 Å². The lowest BCUT2D eigenvalue weighted by molar-refractivity contribution is -0.142. The van der Waals surface area contributed by atoms with Gasteiger partial charge in [-0.3, -0.25) is 9.69 Å². The summed E-state index contributed by atoms with van der Waals surface area (Å²) in [4.78, 5) is 12.8. The molecule has 0 spiro atoms. The number of hydrogen-bond donors (Lipinski definition) is 2. The Balaban J connectivity index is 2.51. The molecule has 4 nitrogen and oxygen atoms in total. The van der Waals surface area contributed by atoms with Crippen LogP contribution in [0.4, 0.5) is 0 Å². The van der Waals surface area contributed by atoms with Crippen LogP contribution < -0.4 is 5.32 Å². The third kappa shape index (κ3) is 2.42. The first kappa shape index (κ1) is 10.5. The van der Waals surface area contributed by atoms with Gasteiger partial charge < -0.3 is 10.4 Å². The molecule has 0 aromatic heterocycles. The van der Waals surface area contributed by atoms with Crippen LogP contribution in [0.15, 0.2) is 0 Å². The minimum atomic E-state index is -0.719. The topological polar surface area (TPSA) is 52.6 Å². The van der Waals surface area contributed by atoms with Gasteiger partial charge in [-0.2, -0.15) is 0 Å². The van der Waals surface area contributed by atoms with Crippen LogP contribution in [-0.2, 0) is 4.79 Å². The summed E-state index contributed by atoms with van der Waals surface area (Å²) >= 11 is 0. The van der Waals surface area contributed by atoms with Gasteiger partial charge in [0.2, 0.25) is 0 Å². The molecule has 2 unspecified atom stereocenters. The van der Waals surface area contributed by atoms with Crippen LogP contribution in [0, 0.1) is 0 Å². The van der Waals surface area contributed by atoms with Crippen molar-refractivity contribution >= 4 is 5.97 Å². The number of hydrogen-bond acceptors (Lipinski definition) is 3. The highest BCUT2D eigenvalue weighted by Crippen LogP contribution is 2.19. The third-order valence-electron chi connectivity index (χ3n) is 2.72. The van der Waals surface area contributed by atoms with Crippen LogP contribution in [0.5, 0.6) is 0 Å². The molecule has 1 saturated heterocycles. The Morgan fingerprint density at radius 1 is 1.77 bits per heavy atom. The smallest absolute Gasteiger partial charge is 0.320 e. The van der Waals surface area contributed by atoms with Crippen LogP contribution in [0.25, 0.3) is 0 Å². The molecule has 76 valence electrons. The molecule has 0 aliphatic carbocycles. The molecule has 0 radical (unpaired) electrons. The number of likely N-dealkylation sites (tertiary alicyclic amines) is 1. The normalized spacial score (nSPS) is 26.2. The fraction of sp³-hybridized carbons (Fsp3) is 0.889. The fourth-order valence-electron chi connectivity index (χ4n) is 1.96. The summed E-state index contributed by atoms with van der Waals surface area (Å²) in [5.74, 6) is -0.719. The zero-order chi connectivity index (χ0) is 9.84. The Morgan fingerprint density at radius 2 is 2.46 bits per heavy atom. The largest absolute Gasteiger partial charge is 0.480 e. The van der Waals surface area contributed by atoms with E-state index in [2.05, 4.69) is 10.2 Å². The predicted octanol–water partition coefficient (Wildman–Crippen LogP) is 0.143. The number of carboxylic acids is 1. The minimum Gasteiger partial charge on any atom is -0.480 e. The van der Waals surface area contributed by atoms with Crippen molar-refractivity contribution < 1.29 is 9.90 Å². The molecule has 1 aliphatic heterocycles. The second kappa shape index (κ2) is 4.58. The minimum absolute atomic E-state index is 0.346. The van der Waals surface area contributed by atoms with Crippen molar-refractivity contribution in [3.63, 3.8) is 0 Å². The quantitative estimate of drug-likeness (QED) is 0.656. The first-order valence-corrected chi connectivity index (χ1v) is 4.80. The maximum atomic E-state index is 10.8. The van der Waals surface area contributed by atoms with Gasteiger partial charge in [-0.15, -0.1) is 0 Å². The second-order valence-electron chi connectivity index (χ2n) is 3.61. The third-order valence-corrected chi connectivity index (χ3v) is 2.72. The number of rotatable bonds is 4. The van der Waals surface area contributed by atoms with E-state index in [0.717, 1.165) is 25.9 Å². The lowest BCUT2D eigenvalue weighted by atomic mass is 10.2. The Kier molecular flexibility index (Phi) is 3.69. The number of nitrogens with zero attached hydrogens (tertiary/aromatic N) is 1. The summed E-state index contributed by atoms with van der Waals surface area (Å²) in [6.07, 6.45) is 2.22. The molecular formula is C9H18N2O2. The van der Waals surface area contributed by atoms with Gasteiger partial charge in [-0.1, -0.05) is 0 Å². The lowest BCUT2D eigenvalue weighted by Gasteiger charge is -2.27. The van der Waals surface area contributed by atoms with E-state index in [4.69, 9.17) is 5.11 Å². The first-order valence-electron chi connectivity index (χ1n) is 4.80. The van der Waals surface area contributed by atoms with Gasteiger partial charge in [0.25, 0.3) is 0 Å². The molecule has 2 atom stereocenters. The highest BCUT2D eigenvalue weighted by Gasteiger charge is 2.31. The van der Waals surface area contributed by atoms with Gasteiger partial charge in [0, 0.05) is 12.6 Å². The molecule has 2 N–H and O–H groups in total. The molecule has 0 aromatic carbocycles. The Bertz CT molecular complexity index is 184. The van der Waals surface area contributed by atoms with Crippen molar-refractivity contribution in [2.45, 2.75) is 31.8 Å². The average Bonchev–Trinajstić information content (AvgIpc) is 2.52. The van der Waals surface area contributed by atoms with E-state index in [0.29, 0.717) is 6.04 Å². The van der Waals surface area contributed by atoms with Gasteiger partial charge in [0.1, 0.15) is 6.04 Å². The molecule has 1 heterocycles. The lowest BCUT2D eigenvalue weighted by Crippen LogP contribution is -2.45. The molecule has 0 aromatic rings. The summed E-state index contributed by atoms with van der Waals surface area (Å²) < 4.78 is 0. The molecule has 0 amide bonds. The Hall–Kier alpha value is -0.610. The maximum absolute atomic E-state index is 10.8. The van der Waals surface area contributed by atoms with E-state index in [1.165, 1.54) is 0 Å². The number of carbonyl (C=O) groups is 1. The van der Waals surface area contributed by atoms with Crippen molar-refractivity contribution in [1.29, 1.82) is 0 Å². The van der Waals surface area contributed by atoms with E-state index in [1.54, 1.807) is 6.92 Å². The highest BCUT2D eigenvalue weighted by molar-refractivity contribution is 5.73. The summed E-state index contributed by atoms with van der Waals surface area (Å²) in [6.45, 7) is 3.56. The second-order valence-corrected chi connectivity index (χ2v) is 3.61. The van der Waals surface area contributed by atoms with E-state index in [9.17, 15) is 4.79 Å². The maximum Gasteiger partial charge on any atom is 0.320 e. The molecule has 1 fully saturated rings. The van der Waals surface area contributed by atoms with Crippen molar-refractivity contribution in [1.82, 2.24) is 10.2 Å². The van der Waals surface area contributed by atoms with Gasteiger partial charge >= 0.3 is 5.97 Å². The van der Waals surface area contributed by atoms with Gasteiger partial charge in [-0.25, -0.2) is 0 Å². The molecule has 13 heavy (non-hydrogen) atoms. The van der Waals surface area contributed by atoms with Crippen molar-refractivity contribution in [2.75, 3.05) is 20.1 Å². The molecule has 4 heteroatoms. The molecule has 0 bridgehead atoms. The zero-order valence-corrected chi connectivity index (χ0v) is 8.29. The summed E-state index contributed by atoms with van der Waals surface area (Å²) in [5, 5.41) is 12.0. The van der Waals surface area contributed by atoms with Gasteiger partial charge in [-0.05, 0) is 33.4 Å². The van der Waals surface area contributed by atoms with Gasteiger partial charge in [0.15, 0.2) is 0 Å². The number of likely N-dealkylation sites (N-methyl/N-ethyl adjacent to an activating group) is 1. The molecule has 1 aliphatic rings. The summed E-state index contributed by atoms with van der Waals surface area (Å²) in [7, 11) is 1.90. The van der Waals surface area contributed by atoms with Crippen LogP contribution in [-0.4, -0.2) is 48.2 Å². The van der Waals surface area contributed by atoms with E-state index >= 15 is 0 Å². The molecule has 1 rings (SSSR count). The SMILES string of the molecule is CNCC1CCCN1C(C)C(=O)O. The van der Waals surface area contributed by atoms with E-state index < -0.39 is 5.97 Å². The van der Waals surface area contributed by atoms with Crippen LogP contribution in [0.3, 0.4) is 0 Å². The number of carboxylic acid groups (broad SMARTS) is 1. The fourth-order valence-corrected chi connectivity index (χ4v) is 1.96.